The van der Waals surface area contributed by atoms with Gasteiger partial charge in [-0.2, -0.15) is 0 Å². The maximum Gasteiger partial charge on any atom is 0.475 e. The number of hydrogen-bond donors (Lipinski definition) is 3. The lowest BCUT2D eigenvalue weighted by Crippen LogP contribution is -2.50. The summed E-state index contributed by atoms with van der Waals surface area (Å²) in [6.45, 7) is 0. The van der Waals surface area contributed by atoms with E-state index in [1.807, 2.05) is 48.5 Å². The first-order chi connectivity index (χ1) is 13.6. The van der Waals surface area contributed by atoms with Crippen LogP contribution in [0.25, 0.3) is 16.7 Å². The molecule has 0 saturated heterocycles. The molecule has 2 aromatic carbocycles. The third kappa shape index (κ3) is 2.71. The van der Waals surface area contributed by atoms with Crippen molar-refractivity contribution in [3.05, 3.63) is 77.6 Å². The first-order valence-corrected chi connectivity index (χ1v) is 9.21. The van der Waals surface area contributed by atoms with E-state index in [0.717, 1.165) is 27.7 Å². The van der Waals surface area contributed by atoms with Gasteiger partial charge >= 0.3 is 7.12 Å². The summed E-state index contributed by atoms with van der Waals surface area (Å²) in [7, 11) is -1.70. The second-order valence-electron chi connectivity index (χ2n) is 7.17. The van der Waals surface area contributed by atoms with Gasteiger partial charge in [0.25, 0.3) is 0 Å². The van der Waals surface area contributed by atoms with Crippen LogP contribution in [-0.2, 0) is 16.0 Å². The van der Waals surface area contributed by atoms with E-state index in [-0.39, 0.29) is 18.4 Å². The van der Waals surface area contributed by atoms with Crippen molar-refractivity contribution in [1.82, 2.24) is 5.32 Å². The molecule has 6 nitrogen and oxygen atoms in total. The summed E-state index contributed by atoms with van der Waals surface area (Å²) < 4.78 is 11.4. The summed E-state index contributed by atoms with van der Waals surface area (Å²) in [4.78, 5) is 12.9. The SMILES string of the molecule is O=C(N[C@@H](Cc1coc2ccccc12)B(O)O)C1C=C2O[C@@H]1c1ccccc12. The monoisotopic (exact) mass is 375 g/mol. The van der Waals surface area contributed by atoms with Gasteiger partial charge in [-0.25, -0.2) is 0 Å². The molecule has 0 radical (unpaired) electrons. The molecule has 5 rings (SSSR count). The minimum atomic E-state index is -1.70. The third-order valence-corrected chi connectivity index (χ3v) is 5.44. The van der Waals surface area contributed by atoms with Crippen molar-refractivity contribution >= 4 is 29.8 Å². The molecule has 0 spiro atoms. The average Bonchev–Trinajstić information content (AvgIpc) is 3.41. The first kappa shape index (κ1) is 17.1. The molecule has 1 aromatic heterocycles. The van der Waals surface area contributed by atoms with Gasteiger partial charge in [-0.05, 0) is 24.1 Å². The van der Waals surface area contributed by atoms with Gasteiger partial charge < -0.3 is 24.5 Å². The molecule has 2 bridgehead atoms. The Labute approximate surface area is 161 Å². The molecule has 1 unspecified atom stereocenters. The quantitative estimate of drug-likeness (QED) is 0.595. The molecule has 3 N–H and O–H groups in total. The number of carbonyl (C=O) groups excluding carboxylic acids is 1. The van der Waals surface area contributed by atoms with Crippen LogP contribution in [0, 0.1) is 5.92 Å². The van der Waals surface area contributed by atoms with Crippen LogP contribution in [0.3, 0.4) is 0 Å². The summed E-state index contributed by atoms with van der Waals surface area (Å²) in [6, 6.07) is 15.3. The number of ether oxygens (including phenoxy) is 1. The molecular weight excluding hydrogens is 357 g/mol. The molecule has 2 aliphatic rings. The van der Waals surface area contributed by atoms with Gasteiger partial charge in [0.2, 0.25) is 5.91 Å². The van der Waals surface area contributed by atoms with E-state index in [1.165, 1.54) is 0 Å². The van der Waals surface area contributed by atoms with Crippen LogP contribution in [0.1, 0.15) is 22.8 Å². The summed E-state index contributed by atoms with van der Waals surface area (Å²) >= 11 is 0. The molecule has 28 heavy (non-hydrogen) atoms. The largest absolute Gasteiger partial charge is 0.484 e. The Balaban J connectivity index is 1.35. The van der Waals surface area contributed by atoms with E-state index in [9.17, 15) is 14.8 Å². The van der Waals surface area contributed by atoms with Gasteiger partial charge in [-0.1, -0.05) is 42.5 Å². The summed E-state index contributed by atoms with van der Waals surface area (Å²) in [5.74, 6) is -0.934. The highest BCUT2D eigenvalue weighted by molar-refractivity contribution is 6.43. The number of rotatable bonds is 5. The molecule has 0 saturated carbocycles. The Morgan fingerprint density at radius 1 is 1.14 bits per heavy atom. The van der Waals surface area contributed by atoms with Gasteiger partial charge in [-0.3, -0.25) is 4.79 Å². The Kier molecular flexibility index (Phi) is 4.00. The number of hydrogen-bond acceptors (Lipinski definition) is 5. The molecule has 7 heteroatoms. The summed E-state index contributed by atoms with van der Waals surface area (Å²) in [6.07, 6.45) is 3.27. The number of furan rings is 1. The van der Waals surface area contributed by atoms with E-state index in [1.54, 1.807) is 12.3 Å². The van der Waals surface area contributed by atoms with Crippen LogP contribution in [0.4, 0.5) is 0 Å². The smallest absolute Gasteiger partial charge is 0.475 e. The van der Waals surface area contributed by atoms with Crippen LogP contribution in [0.5, 0.6) is 0 Å². The van der Waals surface area contributed by atoms with E-state index in [0.29, 0.717) is 5.76 Å². The van der Waals surface area contributed by atoms with Crippen molar-refractivity contribution in [3.8, 4) is 0 Å². The van der Waals surface area contributed by atoms with Gasteiger partial charge in [0.15, 0.2) is 0 Å². The van der Waals surface area contributed by atoms with E-state index in [2.05, 4.69) is 5.32 Å². The lowest BCUT2D eigenvalue weighted by atomic mass is 9.75. The Hall–Kier alpha value is -3.03. The highest BCUT2D eigenvalue weighted by Crippen LogP contribution is 2.49. The molecule has 3 aromatic rings. The fourth-order valence-electron chi connectivity index (χ4n) is 4.03. The minimum absolute atomic E-state index is 0.242. The number of fused-ring (bicyclic) bond motifs is 6. The number of nitrogens with one attached hydrogen (secondary N) is 1. The summed E-state index contributed by atoms with van der Waals surface area (Å²) in [5.41, 5.74) is 3.53. The van der Waals surface area contributed by atoms with Crippen molar-refractivity contribution in [3.63, 3.8) is 0 Å². The van der Waals surface area contributed by atoms with Gasteiger partial charge in [-0.15, -0.1) is 0 Å². The number of para-hydroxylation sites is 1. The predicted molar refractivity (Wildman–Crippen MR) is 104 cm³/mol. The Morgan fingerprint density at radius 3 is 2.79 bits per heavy atom. The molecule has 0 aliphatic carbocycles. The zero-order chi connectivity index (χ0) is 19.3. The number of benzene rings is 2. The van der Waals surface area contributed by atoms with Crippen LogP contribution in [0.15, 0.2) is 65.3 Å². The highest BCUT2D eigenvalue weighted by atomic mass is 16.5. The molecule has 2 aliphatic heterocycles. The van der Waals surface area contributed by atoms with Crippen LogP contribution in [-0.4, -0.2) is 29.0 Å². The van der Waals surface area contributed by atoms with Crippen LogP contribution >= 0.6 is 0 Å². The zero-order valence-corrected chi connectivity index (χ0v) is 14.9. The van der Waals surface area contributed by atoms with Crippen LogP contribution in [0.2, 0.25) is 0 Å². The second kappa shape index (κ2) is 6.54. The van der Waals surface area contributed by atoms with Crippen molar-refractivity contribution in [1.29, 1.82) is 0 Å². The van der Waals surface area contributed by atoms with E-state index in [4.69, 9.17) is 9.15 Å². The highest BCUT2D eigenvalue weighted by Gasteiger charge is 2.44. The normalized spacial score (nSPS) is 20.4. The predicted octanol–water partition coefficient (Wildman–Crippen LogP) is 2.21. The fraction of sp³-hybridized carbons (Fsp3) is 0.190. The van der Waals surface area contributed by atoms with Crippen molar-refractivity contribution in [2.75, 3.05) is 0 Å². The molecule has 3 heterocycles. The van der Waals surface area contributed by atoms with Crippen LogP contribution < -0.4 is 5.32 Å². The van der Waals surface area contributed by atoms with Crippen molar-refractivity contribution < 1.29 is 24.0 Å². The number of carbonyl (C=O) groups is 1. The van der Waals surface area contributed by atoms with Gasteiger partial charge in [0, 0.05) is 16.5 Å². The minimum Gasteiger partial charge on any atom is -0.484 e. The molecular formula is C21H18BNO5. The fourth-order valence-corrected chi connectivity index (χ4v) is 4.03. The number of amides is 1. The molecule has 0 fully saturated rings. The Morgan fingerprint density at radius 2 is 1.93 bits per heavy atom. The molecule has 3 atom stereocenters. The topological polar surface area (TPSA) is 91.9 Å². The average molecular weight is 375 g/mol. The second-order valence-corrected chi connectivity index (χ2v) is 7.17. The van der Waals surface area contributed by atoms with Crippen molar-refractivity contribution in [2.24, 2.45) is 5.92 Å². The van der Waals surface area contributed by atoms with E-state index >= 15 is 0 Å². The molecule has 1 amide bonds. The maximum atomic E-state index is 12.9. The first-order valence-electron chi connectivity index (χ1n) is 9.21. The van der Waals surface area contributed by atoms with E-state index < -0.39 is 19.0 Å². The van der Waals surface area contributed by atoms with Gasteiger partial charge in [0.05, 0.1) is 12.2 Å². The van der Waals surface area contributed by atoms with Crippen molar-refractivity contribution in [2.45, 2.75) is 18.5 Å². The third-order valence-electron chi connectivity index (χ3n) is 5.44. The molecule has 140 valence electrons. The lowest BCUT2D eigenvalue weighted by Gasteiger charge is -2.22. The Bertz CT molecular complexity index is 1090. The lowest BCUT2D eigenvalue weighted by molar-refractivity contribution is -0.126. The standard InChI is InChI=1S/C21H18BNO5/c24-21(16-10-18-14-6-1-2-7-15(14)20(16)28-18)23-19(22(25)26)9-12-11-27-17-8-4-3-5-13(12)17/h1-8,10-11,16,19-20,25-26H,9H2,(H,23,24)/t16?,19-,20+/m0/s1. The summed E-state index contributed by atoms with van der Waals surface area (Å²) in [5, 5.41) is 23.3. The van der Waals surface area contributed by atoms with Gasteiger partial charge in [0.1, 0.15) is 23.4 Å². The zero-order valence-electron chi connectivity index (χ0n) is 14.9. The maximum absolute atomic E-state index is 12.9.